The van der Waals surface area contributed by atoms with Crippen LogP contribution in [0.2, 0.25) is 0 Å². The summed E-state index contributed by atoms with van der Waals surface area (Å²) in [6, 6.07) is 14.2. The van der Waals surface area contributed by atoms with Crippen molar-refractivity contribution < 1.29 is 19.5 Å². The number of rotatable bonds is 6. The van der Waals surface area contributed by atoms with Crippen molar-refractivity contribution in [3.05, 3.63) is 71.9 Å². The Morgan fingerprint density at radius 2 is 1.84 bits per heavy atom. The van der Waals surface area contributed by atoms with Gasteiger partial charge in [0, 0.05) is 29.1 Å². The molecule has 8 nitrogen and oxygen atoms in total. The average Bonchev–Trinajstić information content (AvgIpc) is 3.46. The lowest BCUT2D eigenvalue weighted by Crippen LogP contribution is -2.58. The van der Waals surface area contributed by atoms with E-state index >= 15 is 0 Å². The maximum absolute atomic E-state index is 13.3. The van der Waals surface area contributed by atoms with Crippen molar-refractivity contribution in [2.24, 2.45) is 0 Å². The molecule has 1 aliphatic rings. The van der Waals surface area contributed by atoms with Gasteiger partial charge in [0.2, 0.25) is 0 Å². The van der Waals surface area contributed by atoms with E-state index in [9.17, 15) is 19.5 Å². The number of hydrogen-bond donors (Lipinski definition) is 4. The molecule has 1 saturated heterocycles. The first-order valence-corrected chi connectivity index (χ1v) is 10.2. The Bertz CT molecular complexity index is 1090. The molecule has 0 unspecified atom stereocenters. The zero-order valence-corrected chi connectivity index (χ0v) is 16.9. The lowest BCUT2D eigenvalue weighted by Gasteiger charge is -2.30. The normalized spacial score (nSPS) is 16.7. The third-order valence-electron chi connectivity index (χ3n) is 5.53. The van der Waals surface area contributed by atoms with Gasteiger partial charge >= 0.3 is 5.97 Å². The summed E-state index contributed by atoms with van der Waals surface area (Å²) >= 11 is 0. The number of aromatic amines is 1. The number of carboxylic acid groups (broad SMARTS) is 1. The zero-order valence-electron chi connectivity index (χ0n) is 16.9. The van der Waals surface area contributed by atoms with E-state index < -0.39 is 29.9 Å². The summed E-state index contributed by atoms with van der Waals surface area (Å²) in [5.41, 5.74) is 4.52. The van der Waals surface area contributed by atoms with Crippen molar-refractivity contribution in [1.82, 2.24) is 20.7 Å². The van der Waals surface area contributed by atoms with E-state index in [1.165, 1.54) is 0 Å². The monoisotopic (exact) mass is 420 g/mol. The topological polar surface area (TPSA) is 115 Å². The van der Waals surface area contributed by atoms with Crippen molar-refractivity contribution in [1.29, 1.82) is 0 Å². The van der Waals surface area contributed by atoms with E-state index in [0.29, 0.717) is 18.5 Å². The number of nitrogens with zero attached hydrogens (tertiary/aromatic N) is 1. The number of H-pyrrole nitrogens is 1. The molecule has 160 valence electrons. The Hall–Kier alpha value is -3.65. The number of aromatic nitrogens is 1. The first-order chi connectivity index (χ1) is 15.0. The van der Waals surface area contributed by atoms with Gasteiger partial charge in [-0.25, -0.2) is 9.80 Å². The molecule has 4 rings (SSSR count). The smallest absolute Gasteiger partial charge is 0.328 e. The first kappa shape index (κ1) is 20.6. The summed E-state index contributed by atoms with van der Waals surface area (Å²) in [5, 5.41) is 14.9. The van der Waals surface area contributed by atoms with Gasteiger partial charge in [-0.05, 0) is 43.1 Å². The molecule has 2 atom stereocenters. The fourth-order valence-electron chi connectivity index (χ4n) is 3.89. The quantitative estimate of drug-likeness (QED) is 0.456. The van der Waals surface area contributed by atoms with Crippen LogP contribution in [0.1, 0.15) is 28.8 Å². The fourth-order valence-corrected chi connectivity index (χ4v) is 3.89. The van der Waals surface area contributed by atoms with Crippen molar-refractivity contribution >= 4 is 28.7 Å². The highest BCUT2D eigenvalue weighted by Gasteiger charge is 2.34. The van der Waals surface area contributed by atoms with Crippen LogP contribution in [0.3, 0.4) is 0 Å². The molecule has 0 saturated carbocycles. The summed E-state index contributed by atoms with van der Waals surface area (Å²) < 4.78 is 0. The van der Waals surface area contributed by atoms with Crippen LogP contribution in [0.15, 0.2) is 60.8 Å². The predicted molar refractivity (Wildman–Crippen MR) is 115 cm³/mol. The van der Waals surface area contributed by atoms with Crippen LogP contribution in [-0.4, -0.2) is 51.5 Å². The second-order valence-electron chi connectivity index (χ2n) is 7.58. The summed E-state index contributed by atoms with van der Waals surface area (Å²) in [4.78, 5) is 41.4. The van der Waals surface area contributed by atoms with Gasteiger partial charge in [-0.3, -0.25) is 15.0 Å². The molecule has 2 heterocycles. The summed E-state index contributed by atoms with van der Waals surface area (Å²) in [6.07, 6.45) is 3.27. The number of carboxylic acids is 1. The number of para-hydroxylation sites is 1. The summed E-state index contributed by atoms with van der Waals surface area (Å²) in [5.74, 6) is -2.18. The number of fused-ring (bicyclic) bond motifs is 1. The van der Waals surface area contributed by atoms with E-state index in [4.69, 9.17) is 0 Å². The minimum atomic E-state index is -1.28. The second-order valence-corrected chi connectivity index (χ2v) is 7.58. The van der Waals surface area contributed by atoms with Gasteiger partial charge in [0.05, 0.1) is 6.04 Å². The maximum Gasteiger partial charge on any atom is 0.328 e. The molecule has 0 aliphatic carbocycles. The molecule has 4 N–H and O–H groups in total. The van der Waals surface area contributed by atoms with Crippen LogP contribution < -0.4 is 10.7 Å². The zero-order chi connectivity index (χ0) is 21.8. The van der Waals surface area contributed by atoms with Crippen LogP contribution in [0.25, 0.3) is 10.9 Å². The Morgan fingerprint density at radius 1 is 1.10 bits per heavy atom. The van der Waals surface area contributed by atoms with Crippen molar-refractivity contribution in [3.8, 4) is 0 Å². The highest BCUT2D eigenvalue weighted by molar-refractivity contribution is 5.98. The Balaban J connectivity index is 1.66. The molecular weight excluding hydrogens is 396 g/mol. The average molecular weight is 420 g/mol. The highest BCUT2D eigenvalue weighted by atomic mass is 16.4. The van der Waals surface area contributed by atoms with E-state index in [2.05, 4.69) is 15.7 Å². The molecule has 1 aromatic heterocycles. The minimum Gasteiger partial charge on any atom is -0.480 e. The number of hydrazine groups is 1. The lowest BCUT2D eigenvalue weighted by atomic mass is 10.0. The molecule has 2 aromatic carbocycles. The van der Waals surface area contributed by atoms with E-state index in [1.54, 1.807) is 36.5 Å². The van der Waals surface area contributed by atoms with Crippen LogP contribution in [-0.2, 0) is 16.0 Å². The van der Waals surface area contributed by atoms with Gasteiger partial charge in [0.15, 0.2) is 6.04 Å². The second kappa shape index (κ2) is 9.01. The maximum atomic E-state index is 13.3. The third kappa shape index (κ3) is 4.44. The Labute approximate surface area is 179 Å². The molecule has 1 aliphatic heterocycles. The summed E-state index contributed by atoms with van der Waals surface area (Å²) in [7, 11) is 0. The van der Waals surface area contributed by atoms with Gasteiger partial charge in [0.1, 0.15) is 0 Å². The lowest BCUT2D eigenvalue weighted by molar-refractivity contribution is -0.144. The van der Waals surface area contributed by atoms with E-state index in [0.717, 1.165) is 27.9 Å². The van der Waals surface area contributed by atoms with E-state index in [-0.39, 0.29) is 6.42 Å². The number of benzene rings is 2. The molecular formula is C23H24N4O4. The minimum absolute atomic E-state index is 0.0380. The van der Waals surface area contributed by atoms with Crippen molar-refractivity contribution in [2.45, 2.75) is 31.3 Å². The summed E-state index contributed by atoms with van der Waals surface area (Å²) in [6.45, 7) is 0.711. The number of carbonyl (C=O) groups is 3. The van der Waals surface area contributed by atoms with Crippen LogP contribution in [0.5, 0.6) is 0 Å². The van der Waals surface area contributed by atoms with Crippen LogP contribution in [0.4, 0.5) is 0 Å². The fraction of sp³-hybridized carbons (Fsp3) is 0.261. The molecule has 3 aromatic rings. The van der Waals surface area contributed by atoms with Gasteiger partial charge in [-0.15, -0.1) is 0 Å². The van der Waals surface area contributed by atoms with Crippen LogP contribution >= 0.6 is 0 Å². The number of aliphatic carboxylic acids is 1. The molecule has 31 heavy (non-hydrogen) atoms. The molecule has 0 bridgehead atoms. The van der Waals surface area contributed by atoms with E-state index in [1.807, 2.05) is 24.3 Å². The molecule has 0 radical (unpaired) electrons. The van der Waals surface area contributed by atoms with Crippen molar-refractivity contribution in [3.63, 3.8) is 0 Å². The number of amides is 2. The van der Waals surface area contributed by atoms with Gasteiger partial charge in [-0.1, -0.05) is 36.4 Å². The first-order valence-electron chi connectivity index (χ1n) is 10.2. The molecule has 0 spiro atoms. The number of nitrogens with one attached hydrogen (secondary N) is 3. The molecule has 8 heteroatoms. The largest absolute Gasteiger partial charge is 0.480 e. The molecule has 1 fully saturated rings. The highest BCUT2D eigenvalue weighted by Crippen LogP contribution is 2.21. The third-order valence-corrected chi connectivity index (χ3v) is 5.53. The Morgan fingerprint density at radius 3 is 2.55 bits per heavy atom. The van der Waals surface area contributed by atoms with Crippen LogP contribution in [0, 0.1) is 0 Å². The number of hydrogen-bond acceptors (Lipinski definition) is 4. The predicted octanol–water partition coefficient (Wildman–Crippen LogP) is 2.09. The molecule has 2 amide bonds. The van der Waals surface area contributed by atoms with Crippen molar-refractivity contribution in [2.75, 3.05) is 6.54 Å². The van der Waals surface area contributed by atoms with Gasteiger partial charge in [0.25, 0.3) is 11.8 Å². The Kier molecular flexibility index (Phi) is 5.99. The van der Waals surface area contributed by atoms with Gasteiger partial charge < -0.3 is 15.4 Å². The standard InChI is InChI=1S/C23H24N4O4/c28-21(19-11-6-12-24-19)26-27(22(29)15-7-2-1-3-8-15)20(23(30)31)13-16-14-25-18-10-5-4-9-17(16)18/h1-5,7-10,14,19-20,24-25H,6,11-13H2,(H,26,28)(H,30,31)/t19-,20-/m0/s1. The van der Waals surface area contributed by atoms with Gasteiger partial charge in [-0.2, -0.15) is 0 Å². The SMILES string of the molecule is O=C(NN(C(=O)c1ccccc1)[C@@H](Cc1c[nH]c2ccccc12)C(=O)O)[C@@H]1CCCN1. The number of carbonyl (C=O) groups excluding carboxylic acids is 2.